The van der Waals surface area contributed by atoms with E-state index in [4.69, 9.17) is 0 Å². The van der Waals surface area contributed by atoms with Gasteiger partial charge in [-0.25, -0.2) is 8.78 Å². The van der Waals surface area contributed by atoms with Gasteiger partial charge in [0.05, 0.1) is 5.71 Å². The van der Waals surface area contributed by atoms with Gasteiger partial charge in [-0.05, 0) is 18.2 Å². The van der Waals surface area contributed by atoms with E-state index in [2.05, 4.69) is 5.10 Å². The molecule has 0 radical (unpaired) electrons. The molecule has 21 heavy (non-hydrogen) atoms. The minimum atomic E-state index is -0.638. The smallest absolute Gasteiger partial charge is 0.250 e. The summed E-state index contributed by atoms with van der Waals surface area (Å²) in [6.07, 6.45) is 2.23. The molecule has 0 fully saturated rings. The third-order valence-corrected chi connectivity index (χ3v) is 3.42. The fourth-order valence-electron chi connectivity index (χ4n) is 2.32. The Morgan fingerprint density at radius 1 is 1.14 bits per heavy atom. The molecule has 2 heterocycles. The molecule has 0 saturated heterocycles. The van der Waals surface area contributed by atoms with Gasteiger partial charge in [-0.1, -0.05) is 6.07 Å². The largest absolute Gasteiger partial charge is 0.318 e. The number of para-hydroxylation sites is 1. The number of halogens is 2. The molecule has 3 rings (SSSR count). The minimum absolute atomic E-state index is 0.116. The first-order chi connectivity index (χ1) is 10.1. The van der Waals surface area contributed by atoms with E-state index < -0.39 is 11.6 Å². The van der Waals surface area contributed by atoms with Gasteiger partial charge >= 0.3 is 0 Å². The zero-order chi connectivity index (χ0) is 15.0. The van der Waals surface area contributed by atoms with Crippen LogP contribution in [0, 0.1) is 11.6 Å². The molecule has 0 aliphatic carbocycles. The Morgan fingerprint density at radius 3 is 2.52 bits per heavy atom. The monoisotopic (exact) mass is 289 g/mol. The summed E-state index contributed by atoms with van der Waals surface area (Å²) in [5.74, 6) is -1.28. The highest BCUT2D eigenvalue weighted by Crippen LogP contribution is 2.27. The van der Waals surface area contributed by atoms with Crippen LogP contribution >= 0.6 is 0 Å². The van der Waals surface area contributed by atoms with Gasteiger partial charge in [-0.2, -0.15) is 5.10 Å². The lowest BCUT2D eigenvalue weighted by atomic mass is 10.1. The minimum Gasteiger partial charge on any atom is -0.318 e. The van der Waals surface area contributed by atoms with Crippen LogP contribution in [0.4, 0.5) is 14.5 Å². The third kappa shape index (κ3) is 2.44. The van der Waals surface area contributed by atoms with Crippen LogP contribution < -0.4 is 10.6 Å². The number of benzene rings is 1. The first-order valence-electron chi connectivity index (χ1n) is 6.52. The van der Waals surface area contributed by atoms with E-state index in [9.17, 15) is 13.6 Å². The van der Waals surface area contributed by atoms with Gasteiger partial charge in [0.1, 0.15) is 5.69 Å². The zero-order valence-electron chi connectivity index (χ0n) is 11.4. The van der Waals surface area contributed by atoms with Crippen molar-refractivity contribution >= 4 is 11.4 Å². The van der Waals surface area contributed by atoms with Gasteiger partial charge in [0.15, 0.2) is 11.6 Å². The Balaban J connectivity index is 1.97. The van der Waals surface area contributed by atoms with Crippen LogP contribution in [0.25, 0.3) is 0 Å². The Morgan fingerprint density at radius 2 is 1.86 bits per heavy atom. The molecule has 0 saturated carbocycles. The summed E-state index contributed by atoms with van der Waals surface area (Å²) in [5.41, 5.74) is 1.22. The summed E-state index contributed by atoms with van der Waals surface area (Å²) < 4.78 is 29.0. The quantitative estimate of drug-likeness (QED) is 0.850. The molecule has 108 valence electrons. The van der Waals surface area contributed by atoms with E-state index in [1.165, 1.54) is 33.8 Å². The Hall–Kier alpha value is -2.50. The van der Waals surface area contributed by atoms with E-state index in [-0.39, 0.29) is 11.2 Å². The number of pyridine rings is 1. The second-order valence-corrected chi connectivity index (χ2v) is 4.86. The Labute approximate surface area is 119 Å². The first-order valence-corrected chi connectivity index (χ1v) is 6.52. The molecule has 1 aromatic carbocycles. The van der Waals surface area contributed by atoms with Crippen molar-refractivity contribution in [1.82, 2.24) is 4.57 Å². The molecule has 0 unspecified atom stereocenters. The summed E-state index contributed by atoms with van der Waals surface area (Å²) in [6, 6.07) is 6.85. The lowest BCUT2D eigenvalue weighted by Crippen LogP contribution is -2.16. The number of nitrogens with zero attached hydrogens (tertiary/aromatic N) is 3. The van der Waals surface area contributed by atoms with E-state index in [0.717, 1.165) is 5.56 Å². The van der Waals surface area contributed by atoms with Crippen LogP contribution in [-0.2, 0) is 7.05 Å². The molecule has 2 aromatic rings. The molecule has 1 aliphatic heterocycles. The van der Waals surface area contributed by atoms with Crippen LogP contribution in [-0.4, -0.2) is 16.8 Å². The number of hydrogen-bond donors (Lipinski definition) is 0. The van der Waals surface area contributed by atoms with Crippen molar-refractivity contribution in [2.45, 2.75) is 6.42 Å². The maximum Gasteiger partial charge on any atom is 0.250 e. The van der Waals surface area contributed by atoms with Crippen molar-refractivity contribution in [3.05, 3.63) is 64.1 Å². The van der Waals surface area contributed by atoms with Gasteiger partial charge in [-0.3, -0.25) is 9.80 Å². The number of aryl methyl sites for hydroxylation is 1. The van der Waals surface area contributed by atoms with Gasteiger partial charge < -0.3 is 4.57 Å². The summed E-state index contributed by atoms with van der Waals surface area (Å²) in [6.45, 7) is 0.399. The van der Waals surface area contributed by atoms with Crippen molar-refractivity contribution in [2.24, 2.45) is 12.1 Å². The van der Waals surface area contributed by atoms with Crippen LogP contribution in [0.2, 0.25) is 0 Å². The molecule has 0 atom stereocenters. The topological polar surface area (TPSA) is 37.6 Å². The fraction of sp³-hybridized carbons (Fsp3) is 0.200. The highest BCUT2D eigenvalue weighted by Gasteiger charge is 2.22. The highest BCUT2D eigenvalue weighted by atomic mass is 19.1. The fourth-order valence-corrected chi connectivity index (χ4v) is 2.32. The maximum absolute atomic E-state index is 13.8. The van der Waals surface area contributed by atoms with Gasteiger partial charge in [0.25, 0.3) is 0 Å². The standard InChI is InChI=1S/C15H13F2N3O/c1-19-9-10(5-6-14(19)21)13-7-8-20(18-13)15-11(16)3-2-4-12(15)17/h2-6,9H,7-8H2,1H3. The highest BCUT2D eigenvalue weighted by molar-refractivity contribution is 6.02. The van der Waals surface area contributed by atoms with E-state index >= 15 is 0 Å². The molecule has 0 spiro atoms. The maximum atomic E-state index is 13.8. The molecular formula is C15H13F2N3O. The van der Waals surface area contributed by atoms with Crippen molar-refractivity contribution in [3.8, 4) is 0 Å². The predicted octanol–water partition coefficient (Wildman–Crippen LogP) is 2.28. The third-order valence-electron chi connectivity index (χ3n) is 3.42. The second kappa shape index (κ2) is 5.12. The van der Waals surface area contributed by atoms with E-state index in [1.807, 2.05) is 0 Å². The molecule has 1 aliphatic rings. The SMILES string of the molecule is Cn1cc(C2=NN(c3c(F)cccc3F)CC2)ccc1=O. The van der Waals surface area contributed by atoms with Crippen LogP contribution in [0.5, 0.6) is 0 Å². The molecule has 6 heteroatoms. The molecule has 1 aromatic heterocycles. The number of hydrazone groups is 1. The molecule has 0 N–H and O–H groups in total. The molecular weight excluding hydrogens is 276 g/mol. The van der Waals surface area contributed by atoms with Crippen molar-refractivity contribution in [2.75, 3.05) is 11.6 Å². The summed E-state index contributed by atoms with van der Waals surface area (Å²) in [7, 11) is 1.65. The number of rotatable bonds is 2. The van der Waals surface area contributed by atoms with Crippen LogP contribution in [0.3, 0.4) is 0 Å². The average molecular weight is 289 g/mol. The number of anilines is 1. The van der Waals surface area contributed by atoms with Gasteiger partial charge in [-0.15, -0.1) is 0 Å². The van der Waals surface area contributed by atoms with Crippen LogP contribution in [0.1, 0.15) is 12.0 Å². The van der Waals surface area contributed by atoms with E-state index in [0.29, 0.717) is 18.7 Å². The second-order valence-electron chi connectivity index (χ2n) is 4.86. The molecule has 0 amide bonds. The van der Waals surface area contributed by atoms with Crippen molar-refractivity contribution in [3.63, 3.8) is 0 Å². The summed E-state index contributed by atoms with van der Waals surface area (Å²) in [4.78, 5) is 11.4. The number of hydrogen-bond acceptors (Lipinski definition) is 3. The van der Waals surface area contributed by atoms with E-state index in [1.54, 1.807) is 19.3 Å². The predicted molar refractivity (Wildman–Crippen MR) is 76.5 cm³/mol. The van der Waals surface area contributed by atoms with Gasteiger partial charge in [0.2, 0.25) is 5.56 Å². The van der Waals surface area contributed by atoms with Crippen molar-refractivity contribution in [1.29, 1.82) is 0 Å². The zero-order valence-corrected chi connectivity index (χ0v) is 11.4. The number of aromatic nitrogens is 1. The van der Waals surface area contributed by atoms with Crippen LogP contribution in [0.15, 0.2) is 46.4 Å². The average Bonchev–Trinajstić information content (AvgIpc) is 2.91. The van der Waals surface area contributed by atoms with Crippen molar-refractivity contribution < 1.29 is 8.78 Å². The lowest BCUT2D eigenvalue weighted by molar-refractivity contribution is 0.576. The molecule has 4 nitrogen and oxygen atoms in total. The lowest BCUT2D eigenvalue weighted by Gasteiger charge is -2.14. The Bertz CT molecular complexity index is 762. The Kier molecular flexibility index (Phi) is 3.29. The summed E-state index contributed by atoms with van der Waals surface area (Å²) >= 11 is 0. The summed E-state index contributed by atoms with van der Waals surface area (Å²) in [5, 5.41) is 5.60. The van der Waals surface area contributed by atoms with Gasteiger partial charge in [0, 0.05) is 37.8 Å². The molecule has 0 bridgehead atoms. The first kappa shape index (κ1) is 13.5. The normalized spacial score (nSPS) is 14.4.